The summed E-state index contributed by atoms with van der Waals surface area (Å²) in [5, 5.41) is 2.84. The highest BCUT2D eigenvalue weighted by Gasteiger charge is 2.19. The smallest absolute Gasteiger partial charge is 0.257 e. The van der Waals surface area contributed by atoms with Crippen molar-refractivity contribution in [2.24, 2.45) is 0 Å². The SMILES string of the molecule is CN(c1ccccc1C(=O)Nc1ccc(N2CCCC2)cc1)S(C)(=O)=O. The second-order valence-electron chi connectivity index (χ2n) is 6.44. The summed E-state index contributed by atoms with van der Waals surface area (Å²) in [5.41, 5.74) is 2.48. The molecule has 26 heavy (non-hydrogen) atoms. The number of nitrogens with zero attached hydrogens (tertiary/aromatic N) is 2. The molecule has 1 N–H and O–H groups in total. The van der Waals surface area contributed by atoms with Crippen LogP contribution in [0.4, 0.5) is 17.1 Å². The van der Waals surface area contributed by atoms with E-state index >= 15 is 0 Å². The summed E-state index contributed by atoms with van der Waals surface area (Å²) in [5.74, 6) is -0.343. The molecule has 0 spiro atoms. The van der Waals surface area contributed by atoms with Crippen LogP contribution in [0.15, 0.2) is 48.5 Å². The van der Waals surface area contributed by atoms with Crippen LogP contribution in [0, 0.1) is 0 Å². The highest BCUT2D eigenvalue weighted by molar-refractivity contribution is 7.92. The van der Waals surface area contributed by atoms with E-state index in [2.05, 4.69) is 10.2 Å². The molecule has 2 aromatic rings. The average molecular weight is 373 g/mol. The molecule has 1 amide bonds. The summed E-state index contributed by atoms with van der Waals surface area (Å²) >= 11 is 0. The van der Waals surface area contributed by atoms with Crippen molar-refractivity contribution < 1.29 is 13.2 Å². The molecular weight excluding hydrogens is 350 g/mol. The molecule has 6 nitrogen and oxygen atoms in total. The van der Waals surface area contributed by atoms with E-state index < -0.39 is 10.0 Å². The molecule has 1 saturated heterocycles. The van der Waals surface area contributed by atoms with Gasteiger partial charge < -0.3 is 10.2 Å². The summed E-state index contributed by atoms with van der Waals surface area (Å²) in [6, 6.07) is 14.4. The zero-order valence-corrected chi connectivity index (χ0v) is 15.8. The zero-order chi connectivity index (χ0) is 18.7. The van der Waals surface area contributed by atoms with E-state index in [1.165, 1.54) is 19.9 Å². The molecule has 3 rings (SSSR count). The van der Waals surface area contributed by atoms with Crippen LogP contribution in [0.2, 0.25) is 0 Å². The minimum absolute atomic E-state index is 0.309. The monoisotopic (exact) mass is 373 g/mol. The van der Waals surface area contributed by atoms with Crippen molar-refractivity contribution in [1.82, 2.24) is 0 Å². The molecule has 0 radical (unpaired) electrons. The maximum absolute atomic E-state index is 12.7. The molecule has 138 valence electrons. The summed E-state index contributed by atoms with van der Waals surface area (Å²) in [4.78, 5) is 15.0. The molecule has 0 atom stereocenters. The predicted octanol–water partition coefficient (Wildman–Crippen LogP) is 2.93. The van der Waals surface area contributed by atoms with Gasteiger partial charge in [-0.2, -0.15) is 0 Å². The minimum atomic E-state index is -3.45. The number of sulfonamides is 1. The van der Waals surface area contributed by atoms with Gasteiger partial charge in [-0.05, 0) is 49.2 Å². The number of hydrogen-bond acceptors (Lipinski definition) is 4. The Morgan fingerprint density at radius 3 is 2.27 bits per heavy atom. The van der Waals surface area contributed by atoms with Gasteiger partial charge in [0.2, 0.25) is 10.0 Å². The Bertz CT molecular complexity index is 889. The Morgan fingerprint density at radius 1 is 1.04 bits per heavy atom. The van der Waals surface area contributed by atoms with Crippen LogP contribution in [-0.4, -0.2) is 40.7 Å². The number of para-hydroxylation sites is 1. The molecule has 1 aliphatic heterocycles. The standard InChI is InChI=1S/C19H23N3O3S/c1-21(26(2,24)25)18-8-4-3-7-17(18)19(23)20-15-9-11-16(12-10-15)22-13-5-6-14-22/h3-4,7-12H,5-6,13-14H2,1-2H3,(H,20,23). The van der Waals surface area contributed by atoms with Gasteiger partial charge in [-0.15, -0.1) is 0 Å². The largest absolute Gasteiger partial charge is 0.372 e. The molecular formula is C19H23N3O3S. The molecule has 1 heterocycles. The average Bonchev–Trinajstić information content (AvgIpc) is 3.15. The molecule has 0 aliphatic carbocycles. The lowest BCUT2D eigenvalue weighted by molar-refractivity contribution is 0.102. The van der Waals surface area contributed by atoms with E-state index in [4.69, 9.17) is 0 Å². The van der Waals surface area contributed by atoms with E-state index in [1.54, 1.807) is 24.3 Å². The fraction of sp³-hybridized carbons (Fsp3) is 0.316. The van der Waals surface area contributed by atoms with Crippen molar-refractivity contribution in [3.05, 3.63) is 54.1 Å². The fourth-order valence-electron chi connectivity index (χ4n) is 3.05. The Labute approximate surface area is 154 Å². The number of anilines is 3. The van der Waals surface area contributed by atoms with Gasteiger partial charge in [-0.1, -0.05) is 12.1 Å². The first-order valence-corrected chi connectivity index (χ1v) is 10.4. The molecule has 7 heteroatoms. The van der Waals surface area contributed by atoms with E-state index in [0.717, 1.165) is 29.3 Å². The van der Waals surface area contributed by atoms with Crippen LogP contribution in [-0.2, 0) is 10.0 Å². The van der Waals surface area contributed by atoms with Crippen LogP contribution in [0.1, 0.15) is 23.2 Å². The van der Waals surface area contributed by atoms with Crippen LogP contribution in [0.25, 0.3) is 0 Å². The van der Waals surface area contributed by atoms with Crippen LogP contribution in [0.5, 0.6) is 0 Å². The van der Waals surface area contributed by atoms with Crippen LogP contribution in [0.3, 0.4) is 0 Å². The third-order valence-corrected chi connectivity index (χ3v) is 5.77. The zero-order valence-electron chi connectivity index (χ0n) is 15.0. The van der Waals surface area contributed by atoms with Gasteiger partial charge >= 0.3 is 0 Å². The third kappa shape index (κ3) is 3.99. The minimum Gasteiger partial charge on any atom is -0.372 e. The maximum atomic E-state index is 12.7. The van der Waals surface area contributed by atoms with Crippen molar-refractivity contribution in [3.8, 4) is 0 Å². The number of carbonyl (C=O) groups is 1. The highest BCUT2D eigenvalue weighted by atomic mass is 32.2. The lowest BCUT2D eigenvalue weighted by Gasteiger charge is -2.20. The van der Waals surface area contributed by atoms with Gasteiger partial charge in [-0.25, -0.2) is 8.42 Å². The lowest BCUT2D eigenvalue weighted by Crippen LogP contribution is -2.27. The van der Waals surface area contributed by atoms with E-state index in [9.17, 15) is 13.2 Å². The highest BCUT2D eigenvalue weighted by Crippen LogP contribution is 2.25. The summed E-state index contributed by atoms with van der Waals surface area (Å²) in [6.45, 7) is 2.13. The fourth-order valence-corrected chi connectivity index (χ4v) is 3.56. The van der Waals surface area contributed by atoms with E-state index in [-0.39, 0.29) is 5.91 Å². The molecule has 0 bridgehead atoms. The molecule has 2 aromatic carbocycles. The Balaban J connectivity index is 1.78. The summed E-state index contributed by atoms with van der Waals surface area (Å²) in [7, 11) is -2.02. The van der Waals surface area contributed by atoms with Gasteiger partial charge in [0.05, 0.1) is 17.5 Å². The number of rotatable bonds is 5. The van der Waals surface area contributed by atoms with Crippen molar-refractivity contribution in [3.63, 3.8) is 0 Å². The van der Waals surface area contributed by atoms with Crippen molar-refractivity contribution >= 4 is 33.0 Å². The normalized spacial score (nSPS) is 14.3. The summed E-state index contributed by atoms with van der Waals surface area (Å²) in [6.07, 6.45) is 3.53. The molecule has 1 aliphatic rings. The van der Waals surface area contributed by atoms with Crippen molar-refractivity contribution in [1.29, 1.82) is 0 Å². The number of nitrogens with one attached hydrogen (secondary N) is 1. The first-order valence-electron chi connectivity index (χ1n) is 8.55. The van der Waals surface area contributed by atoms with Gasteiger partial charge in [0.15, 0.2) is 0 Å². The number of benzene rings is 2. The van der Waals surface area contributed by atoms with Gasteiger partial charge in [0, 0.05) is 31.5 Å². The Hall–Kier alpha value is -2.54. The van der Waals surface area contributed by atoms with Crippen LogP contribution >= 0.6 is 0 Å². The van der Waals surface area contributed by atoms with E-state index in [1.807, 2.05) is 24.3 Å². The molecule has 0 unspecified atom stereocenters. The van der Waals surface area contributed by atoms with Gasteiger partial charge in [-0.3, -0.25) is 9.10 Å². The first kappa shape index (κ1) is 18.3. The quantitative estimate of drug-likeness (QED) is 0.875. The second kappa shape index (κ2) is 7.37. The van der Waals surface area contributed by atoms with Crippen LogP contribution < -0.4 is 14.5 Å². The topological polar surface area (TPSA) is 69.7 Å². The Kier molecular flexibility index (Phi) is 5.18. The number of hydrogen-bond donors (Lipinski definition) is 1. The number of carbonyl (C=O) groups excluding carboxylic acids is 1. The number of amides is 1. The predicted molar refractivity (Wildman–Crippen MR) is 106 cm³/mol. The first-order chi connectivity index (χ1) is 12.4. The molecule has 1 fully saturated rings. The summed E-state index contributed by atoms with van der Waals surface area (Å²) < 4.78 is 24.7. The van der Waals surface area contributed by atoms with Crippen molar-refractivity contribution in [2.45, 2.75) is 12.8 Å². The maximum Gasteiger partial charge on any atom is 0.257 e. The van der Waals surface area contributed by atoms with Gasteiger partial charge in [0.1, 0.15) is 0 Å². The van der Waals surface area contributed by atoms with Gasteiger partial charge in [0.25, 0.3) is 5.91 Å². The second-order valence-corrected chi connectivity index (χ2v) is 8.46. The third-order valence-electron chi connectivity index (χ3n) is 4.58. The molecule has 0 aromatic heterocycles. The van der Waals surface area contributed by atoms with Crippen molar-refractivity contribution in [2.75, 3.05) is 40.9 Å². The van der Waals surface area contributed by atoms with E-state index in [0.29, 0.717) is 16.9 Å². The Morgan fingerprint density at radius 2 is 1.65 bits per heavy atom. The molecule has 0 saturated carbocycles. The lowest BCUT2D eigenvalue weighted by atomic mass is 10.1.